The number of hydrogen-bond donors (Lipinski definition) is 0. The van der Waals surface area contributed by atoms with Gasteiger partial charge in [-0.25, -0.2) is 4.39 Å². The van der Waals surface area contributed by atoms with Crippen molar-refractivity contribution in [1.82, 2.24) is 10.1 Å². The number of fused-ring (bicyclic) bond motifs is 1. The maximum absolute atomic E-state index is 14.0. The molecule has 1 aromatic heterocycles. The van der Waals surface area contributed by atoms with Crippen molar-refractivity contribution in [2.45, 2.75) is 25.9 Å². The van der Waals surface area contributed by atoms with Crippen LogP contribution in [-0.2, 0) is 6.61 Å². The van der Waals surface area contributed by atoms with E-state index >= 15 is 0 Å². The van der Waals surface area contributed by atoms with Gasteiger partial charge in [0.05, 0.1) is 5.56 Å². The van der Waals surface area contributed by atoms with Crippen LogP contribution in [0.15, 0.2) is 40.9 Å². The van der Waals surface area contributed by atoms with Crippen LogP contribution < -0.4 is 4.74 Å². The molecule has 3 aromatic rings. The molecule has 4 rings (SSSR count). The SMILES string of the molecule is C[C@@H]1CC(=O)c2c(OCc3nc(-c4ccc(Cl)cc4)no3)ccc(F)c21. The first-order valence-corrected chi connectivity index (χ1v) is 8.47. The molecule has 2 aromatic carbocycles. The third kappa shape index (κ3) is 2.97. The quantitative estimate of drug-likeness (QED) is 0.658. The highest BCUT2D eigenvalue weighted by Crippen LogP contribution is 2.39. The molecule has 7 heteroatoms. The predicted molar refractivity (Wildman–Crippen MR) is 92.8 cm³/mol. The molecule has 0 fully saturated rings. The number of ether oxygens (including phenoxy) is 1. The highest BCUT2D eigenvalue weighted by Gasteiger charge is 2.32. The van der Waals surface area contributed by atoms with Crippen molar-refractivity contribution in [2.24, 2.45) is 0 Å². The molecule has 0 saturated heterocycles. The lowest BCUT2D eigenvalue weighted by molar-refractivity contribution is 0.0985. The maximum atomic E-state index is 14.0. The summed E-state index contributed by atoms with van der Waals surface area (Å²) in [4.78, 5) is 16.4. The fraction of sp³-hybridized carbons (Fsp3) is 0.211. The first kappa shape index (κ1) is 16.7. The number of hydrogen-bond acceptors (Lipinski definition) is 5. The Labute approximate surface area is 153 Å². The van der Waals surface area contributed by atoms with Gasteiger partial charge < -0.3 is 9.26 Å². The van der Waals surface area contributed by atoms with Gasteiger partial charge in [0.15, 0.2) is 12.4 Å². The Morgan fingerprint density at radius 3 is 2.81 bits per heavy atom. The molecule has 0 bridgehead atoms. The summed E-state index contributed by atoms with van der Waals surface area (Å²) >= 11 is 5.86. The van der Waals surface area contributed by atoms with Gasteiger partial charge in [0.25, 0.3) is 5.89 Å². The molecule has 132 valence electrons. The Hall–Kier alpha value is -2.73. The molecular weight excluding hydrogens is 359 g/mol. The molecule has 0 aliphatic heterocycles. The highest BCUT2D eigenvalue weighted by atomic mass is 35.5. The van der Waals surface area contributed by atoms with Crippen LogP contribution in [0.4, 0.5) is 4.39 Å². The van der Waals surface area contributed by atoms with Gasteiger partial charge in [-0.3, -0.25) is 4.79 Å². The number of benzene rings is 2. The minimum Gasteiger partial charge on any atom is -0.483 e. The molecule has 1 atom stereocenters. The molecule has 1 heterocycles. The van der Waals surface area contributed by atoms with E-state index in [0.29, 0.717) is 27.7 Å². The summed E-state index contributed by atoms with van der Waals surface area (Å²) in [6, 6.07) is 9.81. The van der Waals surface area contributed by atoms with Crippen LogP contribution in [0, 0.1) is 5.82 Å². The third-order valence-electron chi connectivity index (χ3n) is 4.34. The topological polar surface area (TPSA) is 65.2 Å². The van der Waals surface area contributed by atoms with E-state index in [-0.39, 0.29) is 36.4 Å². The number of carbonyl (C=O) groups is 1. The Kier molecular flexibility index (Phi) is 4.20. The van der Waals surface area contributed by atoms with Crippen LogP contribution in [0.1, 0.15) is 41.1 Å². The molecule has 1 aliphatic rings. The Balaban J connectivity index is 1.54. The van der Waals surface area contributed by atoms with Crippen LogP contribution in [0.3, 0.4) is 0 Å². The first-order chi connectivity index (χ1) is 12.5. The van der Waals surface area contributed by atoms with E-state index in [4.69, 9.17) is 20.9 Å². The minimum absolute atomic E-state index is 0.0136. The van der Waals surface area contributed by atoms with Gasteiger partial charge in [0, 0.05) is 22.6 Å². The molecular formula is C19H14ClFN2O3. The lowest BCUT2D eigenvalue weighted by Gasteiger charge is -2.10. The summed E-state index contributed by atoms with van der Waals surface area (Å²) in [5, 5.41) is 4.52. The van der Waals surface area contributed by atoms with Crippen molar-refractivity contribution in [3.63, 3.8) is 0 Å². The van der Waals surface area contributed by atoms with Gasteiger partial charge in [-0.05, 0) is 42.3 Å². The van der Waals surface area contributed by atoms with Gasteiger partial charge >= 0.3 is 0 Å². The Morgan fingerprint density at radius 1 is 1.27 bits per heavy atom. The van der Waals surface area contributed by atoms with E-state index in [1.807, 2.05) is 6.92 Å². The normalized spacial score (nSPS) is 16.0. The molecule has 0 amide bonds. The van der Waals surface area contributed by atoms with E-state index in [2.05, 4.69) is 10.1 Å². The van der Waals surface area contributed by atoms with Crippen LogP contribution >= 0.6 is 11.6 Å². The lowest BCUT2D eigenvalue weighted by Crippen LogP contribution is -2.03. The summed E-state index contributed by atoms with van der Waals surface area (Å²) in [7, 11) is 0. The second-order valence-corrected chi connectivity index (χ2v) is 6.61. The van der Waals surface area contributed by atoms with Crippen molar-refractivity contribution in [3.8, 4) is 17.1 Å². The summed E-state index contributed by atoms with van der Waals surface area (Å²) in [6.45, 7) is 1.81. The van der Waals surface area contributed by atoms with Gasteiger partial charge in [-0.15, -0.1) is 0 Å². The number of carbonyl (C=O) groups excluding carboxylic acids is 1. The third-order valence-corrected chi connectivity index (χ3v) is 4.59. The number of ketones is 1. The summed E-state index contributed by atoms with van der Waals surface area (Å²) in [5.41, 5.74) is 1.49. The Bertz CT molecular complexity index is 985. The highest BCUT2D eigenvalue weighted by molar-refractivity contribution is 6.30. The van der Waals surface area contributed by atoms with Crippen molar-refractivity contribution < 1.29 is 18.4 Å². The molecule has 0 saturated carbocycles. The van der Waals surface area contributed by atoms with E-state index in [0.717, 1.165) is 5.56 Å². The average molecular weight is 373 g/mol. The number of Topliss-reactive ketones (excluding diaryl/α,β-unsaturated/α-hetero) is 1. The van der Waals surface area contributed by atoms with Crippen molar-refractivity contribution in [2.75, 3.05) is 0 Å². The molecule has 1 aliphatic carbocycles. The largest absolute Gasteiger partial charge is 0.483 e. The van der Waals surface area contributed by atoms with Crippen molar-refractivity contribution in [1.29, 1.82) is 0 Å². The lowest BCUT2D eigenvalue weighted by atomic mass is 10.0. The monoisotopic (exact) mass is 372 g/mol. The van der Waals surface area contributed by atoms with Crippen LogP contribution in [-0.4, -0.2) is 15.9 Å². The van der Waals surface area contributed by atoms with Crippen LogP contribution in [0.25, 0.3) is 11.4 Å². The number of halogens is 2. The fourth-order valence-electron chi connectivity index (χ4n) is 3.12. The molecule has 0 N–H and O–H groups in total. The van der Waals surface area contributed by atoms with Gasteiger partial charge in [0.2, 0.25) is 5.82 Å². The molecule has 0 radical (unpaired) electrons. The first-order valence-electron chi connectivity index (χ1n) is 8.10. The molecule has 0 spiro atoms. The summed E-state index contributed by atoms with van der Waals surface area (Å²) in [5.74, 6) is 0.353. The zero-order valence-electron chi connectivity index (χ0n) is 13.8. The van der Waals surface area contributed by atoms with Crippen LogP contribution in [0.5, 0.6) is 5.75 Å². The van der Waals surface area contributed by atoms with E-state index in [9.17, 15) is 9.18 Å². The second-order valence-electron chi connectivity index (χ2n) is 6.17. The fourth-order valence-corrected chi connectivity index (χ4v) is 3.24. The smallest absolute Gasteiger partial charge is 0.264 e. The minimum atomic E-state index is -0.381. The van der Waals surface area contributed by atoms with Crippen LogP contribution in [0.2, 0.25) is 5.02 Å². The van der Waals surface area contributed by atoms with Gasteiger partial charge in [-0.2, -0.15) is 4.98 Å². The molecule has 0 unspecified atom stereocenters. The standard InChI is InChI=1S/C19H14ClFN2O3/c1-10-8-14(24)18-15(7-6-13(21)17(10)18)25-9-16-22-19(23-26-16)11-2-4-12(20)5-3-11/h2-7,10H,8-9H2,1H3/t10-/m1/s1. The second kappa shape index (κ2) is 6.53. The van der Waals surface area contributed by atoms with Gasteiger partial charge in [0.1, 0.15) is 11.6 Å². The maximum Gasteiger partial charge on any atom is 0.264 e. The van der Waals surface area contributed by atoms with Gasteiger partial charge in [-0.1, -0.05) is 23.7 Å². The van der Waals surface area contributed by atoms with E-state index in [1.165, 1.54) is 12.1 Å². The van der Waals surface area contributed by atoms with E-state index < -0.39 is 0 Å². The zero-order valence-corrected chi connectivity index (χ0v) is 14.6. The number of rotatable bonds is 4. The van der Waals surface area contributed by atoms with Crippen molar-refractivity contribution in [3.05, 3.63) is 64.3 Å². The summed E-state index contributed by atoms with van der Waals surface area (Å²) < 4.78 is 24.9. The zero-order chi connectivity index (χ0) is 18.3. The van der Waals surface area contributed by atoms with Crippen molar-refractivity contribution >= 4 is 17.4 Å². The summed E-state index contributed by atoms with van der Waals surface area (Å²) in [6.07, 6.45) is 0.286. The molecule has 26 heavy (non-hydrogen) atoms. The average Bonchev–Trinajstić information content (AvgIpc) is 3.20. The molecule has 5 nitrogen and oxygen atoms in total. The predicted octanol–water partition coefficient (Wildman–Crippen LogP) is 4.80. The number of nitrogens with zero attached hydrogens (tertiary/aromatic N) is 2. The van der Waals surface area contributed by atoms with E-state index in [1.54, 1.807) is 24.3 Å². The Morgan fingerprint density at radius 2 is 2.04 bits per heavy atom. The number of aromatic nitrogens is 2.